The van der Waals surface area contributed by atoms with Crippen molar-refractivity contribution >= 4 is 12.3 Å². The third-order valence-electron chi connectivity index (χ3n) is 4.50. The maximum Gasteiger partial charge on any atom is 0.254 e. The Kier molecular flexibility index (Phi) is 3.72. The van der Waals surface area contributed by atoms with Crippen LogP contribution in [0.3, 0.4) is 0 Å². The lowest BCUT2D eigenvalue weighted by Gasteiger charge is -2.24. The average molecular weight is 272 g/mol. The molecule has 2 amide bonds. The van der Waals surface area contributed by atoms with Crippen molar-refractivity contribution in [3.63, 3.8) is 0 Å². The van der Waals surface area contributed by atoms with E-state index in [1.807, 2.05) is 24.3 Å². The molecule has 1 N–H and O–H groups in total. The molecular formula is C16H20N2O2. The zero-order valence-corrected chi connectivity index (χ0v) is 11.5. The summed E-state index contributed by atoms with van der Waals surface area (Å²) in [5.41, 5.74) is 1.77. The van der Waals surface area contributed by atoms with Crippen molar-refractivity contribution in [1.29, 1.82) is 0 Å². The first-order valence-corrected chi connectivity index (χ1v) is 7.35. The van der Waals surface area contributed by atoms with Gasteiger partial charge in [-0.1, -0.05) is 18.6 Å². The first-order valence-electron chi connectivity index (χ1n) is 7.35. The molecule has 1 heterocycles. The normalized spacial score (nSPS) is 24.5. The van der Waals surface area contributed by atoms with Crippen LogP contribution in [0.1, 0.15) is 41.6 Å². The highest BCUT2D eigenvalue weighted by Crippen LogP contribution is 2.36. The van der Waals surface area contributed by atoms with Crippen molar-refractivity contribution in [3.8, 4) is 0 Å². The van der Waals surface area contributed by atoms with E-state index in [-0.39, 0.29) is 5.91 Å². The molecule has 1 saturated heterocycles. The molecule has 0 aromatic heterocycles. The number of nitrogens with zero attached hydrogens (tertiary/aromatic N) is 1. The maximum absolute atomic E-state index is 12.6. The molecule has 106 valence electrons. The van der Waals surface area contributed by atoms with E-state index in [2.05, 4.69) is 10.2 Å². The first-order chi connectivity index (χ1) is 9.78. The van der Waals surface area contributed by atoms with Crippen LogP contribution in [0, 0.1) is 5.92 Å². The molecule has 0 radical (unpaired) electrons. The number of likely N-dealkylation sites (tertiary alicyclic amines) is 1. The van der Waals surface area contributed by atoms with E-state index >= 15 is 0 Å². The smallest absolute Gasteiger partial charge is 0.254 e. The van der Waals surface area contributed by atoms with Gasteiger partial charge in [0.2, 0.25) is 6.41 Å². The molecular weight excluding hydrogens is 252 g/mol. The van der Waals surface area contributed by atoms with Gasteiger partial charge in [0, 0.05) is 24.7 Å². The summed E-state index contributed by atoms with van der Waals surface area (Å²) in [6.45, 7) is 1.43. The fraction of sp³-hybridized carbons (Fsp3) is 0.500. The van der Waals surface area contributed by atoms with Crippen molar-refractivity contribution < 1.29 is 9.59 Å². The second-order valence-corrected chi connectivity index (χ2v) is 5.84. The van der Waals surface area contributed by atoms with Crippen molar-refractivity contribution in [2.24, 2.45) is 5.92 Å². The molecule has 1 saturated carbocycles. The predicted octanol–water partition coefficient (Wildman–Crippen LogP) is 1.95. The number of hydrogen-bond donors (Lipinski definition) is 1. The third kappa shape index (κ3) is 2.55. The van der Waals surface area contributed by atoms with Gasteiger partial charge in [-0.2, -0.15) is 0 Å². The van der Waals surface area contributed by atoms with Crippen molar-refractivity contribution in [1.82, 2.24) is 10.2 Å². The SMILES string of the molecule is O=CNCc1ccc(C(=O)N2CC3CCCC2C3)cc1. The largest absolute Gasteiger partial charge is 0.355 e. The number of fused-ring (bicyclic) bond motifs is 2. The number of carbonyl (C=O) groups is 2. The Balaban J connectivity index is 1.69. The van der Waals surface area contributed by atoms with Gasteiger partial charge in [0.15, 0.2) is 0 Å². The third-order valence-corrected chi connectivity index (χ3v) is 4.50. The number of carbonyl (C=O) groups excluding carboxylic acids is 2. The fourth-order valence-electron chi connectivity index (χ4n) is 3.48. The summed E-state index contributed by atoms with van der Waals surface area (Å²) in [6.07, 6.45) is 5.56. The van der Waals surface area contributed by atoms with Gasteiger partial charge in [0.1, 0.15) is 0 Å². The number of rotatable bonds is 4. The Bertz CT molecular complexity index is 498. The molecule has 1 aliphatic carbocycles. The van der Waals surface area contributed by atoms with Crippen LogP contribution < -0.4 is 5.32 Å². The topological polar surface area (TPSA) is 49.4 Å². The predicted molar refractivity (Wildman–Crippen MR) is 76.1 cm³/mol. The summed E-state index contributed by atoms with van der Waals surface area (Å²) in [5, 5.41) is 2.62. The summed E-state index contributed by atoms with van der Waals surface area (Å²) in [5.74, 6) is 0.878. The van der Waals surface area contributed by atoms with Crippen LogP contribution in [-0.2, 0) is 11.3 Å². The zero-order valence-electron chi connectivity index (χ0n) is 11.5. The lowest BCUT2D eigenvalue weighted by Crippen LogP contribution is -2.35. The van der Waals surface area contributed by atoms with Crippen LogP contribution in [0.2, 0.25) is 0 Å². The lowest BCUT2D eigenvalue weighted by atomic mass is 9.90. The molecule has 3 rings (SSSR count). The number of benzene rings is 1. The van der Waals surface area contributed by atoms with E-state index in [9.17, 15) is 9.59 Å². The highest BCUT2D eigenvalue weighted by Gasteiger charge is 2.37. The maximum atomic E-state index is 12.6. The second kappa shape index (κ2) is 5.65. The van der Waals surface area contributed by atoms with Gasteiger partial charge < -0.3 is 10.2 Å². The van der Waals surface area contributed by atoms with Crippen LogP contribution in [-0.4, -0.2) is 29.8 Å². The summed E-state index contributed by atoms with van der Waals surface area (Å²) < 4.78 is 0. The molecule has 2 bridgehead atoms. The molecule has 4 nitrogen and oxygen atoms in total. The van der Waals surface area contributed by atoms with Crippen molar-refractivity contribution in [3.05, 3.63) is 35.4 Å². The number of amides is 2. The molecule has 2 unspecified atom stereocenters. The molecule has 1 aliphatic heterocycles. The van der Waals surface area contributed by atoms with Gasteiger partial charge in [0.25, 0.3) is 5.91 Å². The van der Waals surface area contributed by atoms with E-state index in [1.165, 1.54) is 19.3 Å². The Morgan fingerprint density at radius 3 is 2.80 bits per heavy atom. The summed E-state index contributed by atoms with van der Waals surface area (Å²) in [6, 6.07) is 8.01. The highest BCUT2D eigenvalue weighted by molar-refractivity contribution is 5.94. The van der Waals surface area contributed by atoms with E-state index in [0.717, 1.165) is 24.1 Å². The van der Waals surface area contributed by atoms with Gasteiger partial charge in [-0.15, -0.1) is 0 Å². The quantitative estimate of drug-likeness (QED) is 0.852. The lowest BCUT2D eigenvalue weighted by molar-refractivity contribution is -0.109. The Morgan fingerprint density at radius 2 is 2.10 bits per heavy atom. The van der Waals surface area contributed by atoms with Gasteiger partial charge in [-0.25, -0.2) is 0 Å². The summed E-state index contributed by atoms with van der Waals surface area (Å²) in [4.78, 5) is 24.9. The van der Waals surface area contributed by atoms with Crippen molar-refractivity contribution in [2.45, 2.75) is 38.3 Å². The van der Waals surface area contributed by atoms with Gasteiger partial charge >= 0.3 is 0 Å². The van der Waals surface area contributed by atoms with E-state index in [4.69, 9.17) is 0 Å². The number of hydrogen-bond acceptors (Lipinski definition) is 2. The summed E-state index contributed by atoms with van der Waals surface area (Å²) in [7, 11) is 0. The summed E-state index contributed by atoms with van der Waals surface area (Å²) >= 11 is 0. The van der Waals surface area contributed by atoms with E-state index < -0.39 is 0 Å². The molecule has 20 heavy (non-hydrogen) atoms. The minimum Gasteiger partial charge on any atom is -0.355 e. The van der Waals surface area contributed by atoms with Crippen LogP contribution in [0.15, 0.2) is 24.3 Å². The molecule has 2 aliphatic rings. The second-order valence-electron chi connectivity index (χ2n) is 5.84. The minimum atomic E-state index is 0.161. The molecule has 2 fully saturated rings. The van der Waals surface area contributed by atoms with Gasteiger partial charge in [-0.3, -0.25) is 9.59 Å². The minimum absolute atomic E-state index is 0.161. The molecule has 1 aromatic carbocycles. The Hall–Kier alpha value is -1.84. The Labute approximate surface area is 119 Å². The first kappa shape index (κ1) is 13.2. The van der Waals surface area contributed by atoms with Crippen LogP contribution >= 0.6 is 0 Å². The standard InChI is InChI=1S/C16H20N2O2/c19-11-17-9-12-4-6-14(7-5-12)16(20)18-10-13-2-1-3-15(18)8-13/h4-7,11,13,15H,1-3,8-10H2,(H,17,19). The van der Waals surface area contributed by atoms with Crippen molar-refractivity contribution in [2.75, 3.05) is 6.54 Å². The fourth-order valence-corrected chi connectivity index (χ4v) is 3.48. The molecule has 0 spiro atoms. The van der Waals surface area contributed by atoms with Crippen LogP contribution in [0.4, 0.5) is 0 Å². The highest BCUT2D eigenvalue weighted by atomic mass is 16.2. The van der Waals surface area contributed by atoms with Crippen LogP contribution in [0.25, 0.3) is 0 Å². The molecule has 1 aromatic rings. The van der Waals surface area contributed by atoms with E-state index in [1.54, 1.807) is 0 Å². The zero-order chi connectivity index (χ0) is 13.9. The van der Waals surface area contributed by atoms with E-state index in [0.29, 0.717) is 24.9 Å². The molecule has 4 heteroatoms. The molecule has 2 atom stereocenters. The number of nitrogens with one attached hydrogen (secondary N) is 1. The van der Waals surface area contributed by atoms with Gasteiger partial charge in [-0.05, 0) is 42.9 Å². The monoisotopic (exact) mass is 272 g/mol. The Morgan fingerprint density at radius 1 is 1.30 bits per heavy atom. The van der Waals surface area contributed by atoms with Crippen LogP contribution in [0.5, 0.6) is 0 Å². The average Bonchev–Trinajstić information content (AvgIpc) is 2.79. The van der Waals surface area contributed by atoms with Gasteiger partial charge in [0.05, 0.1) is 0 Å².